The summed E-state index contributed by atoms with van der Waals surface area (Å²) in [6.45, 7) is 0. The molecule has 0 atom stereocenters. The van der Waals surface area contributed by atoms with E-state index < -0.39 is 0 Å². The second kappa shape index (κ2) is 8.73. The van der Waals surface area contributed by atoms with Gasteiger partial charge in [0, 0.05) is 22.6 Å². The zero-order valence-corrected chi connectivity index (χ0v) is 16.9. The molecule has 4 nitrogen and oxygen atoms in total. The molecule has 1 amide bonds. The Bertz CT molecular complexity index is 969. The number of nitrogens with zero attached hydrogens (tertiary/aromatic N) is 2. The van der Waals surface area contributed by atoms with Crippen molar-refractivity contribution in [1.29, 1.82) is 0 Å². The minimum absolute atomic E-state index is 0.0430. The van der Waals surface area contributed by atoms with E-state index in [4.69, 9.17) is 4.99 Å². The number of amides is 1. The molecule has 136 valence electrons. The molecule has 2 aromatic carbocycles. The standard InChI is InChI=1S/C20H17N3OS3/c24-18(21-15-7-2-1-3-8-15)10-19-22-16(12-25-19)13-27-20-23-17-9-5-4-6-14(17)11-26-20/h1-9,12H,10-11,13H2,(H,21,24). The van der Waals surface area contributed by atoms with Gasteiger partial charge in [-0.1, -0.05) is 59.9 Å². The summed E-state index contributed by atoms with van der Waals surface area (Å²) < 4.78 is 1.07. The first-order valence-corrected chi connectivity index (χ1v) is 11.3. The molecule has 0 saturated carbocycles. The van der Waals surface area contributed by atoms with E-state index in [0.29, 0.717) is 6.42 Å². The summed E-state index contributed by atoms with van der Waals surface area (Å²) in [5.41, 5.74) is 4.15. The number of carbonyl (C=O) groups is 1. The largest absolute Gasteiger partial charge is 0.326 e. The Hall–Kier alpha value is -2.09. The number of carbonyl (C=O) groups excluding carboxylic acids is 1. The van der Waals surface area contributed by atoms with Crippen molar-refractivity contribution in [3.8, 4) is 0 Å². The quantitative estimate of drug-likeness (QED) is 0.603. The van der Waals surface area contributed by atoms with Crippen LogP contribution in [0.25, 0.3) is 0 Å². The van der Waals surface area contributed by atoms with E-state index in [9.17, 15) is 4.79 Å². The highest BCUT2D eigenvalue weighted by Crippen LogP contribution is 2.35. The molecule has 0 aliphatic carbocycles. The monoisotopic (exact) mass is 411 g/mol. The second-order valence-corrected chi connectivity index (χ2v) is 9.04. The van der Waals surface area contributed by atoms with Gasteiger partial charge in [0.25, 0.3) is 0 Å². The number of aliphatic imine (C=N–C) groups is 1. The van der Waals surface area contributed by atoms with Gasteiger partial charge in [-0.05, 0) is 23.8 Å². The Morgan fingerprint density at radius 2 is 1.93 bits per heavy atom. The molecule has 4 rings (SSSR count). The number of para-hydroxylation sites is 2. The summed E-state index contributed by atoms with van der Waals surface area (Å²) in [5.74, 6) is 1.69. The fourth-order valence-corrected chi connectivity index (χ4v) is 5.44. The van der Waals surface area contributed by atoms with Crippen LogP contribution < -0.4 is 5.32 Å². The normalized spacial score (nSPS) is 13.0. The topological polar surface area (TPSA) is 54.4 Å². The van der Waals surface area contributed by atoms with Crippen LogP contribution in [0.2, 0.25) is 0 Å². The highest BCUT2D eigenvalue weighted by Gasteiger charge is 2.14. The number of thioether (sulfide) groups is 2. The van der Waals surface area contributed by atoms with Crippen molar-refractivity contribution in [2.24, 2.45) is 4.99 Å². The van der Waals surface area contributed by atoms with Gasteiger partial charge in [0.2, 0.25) is 5.91 Å². The first-order valence-electron chi connectivity index (χ1n) is 8.46. The van der Waals surface area contributed by atoms with Crippen molar-refractivity contribution in [3.63, 3.8) is 0 Å². The van der Waals surface area contributed by atoms with Gasteiger partial charge in [-0.15, -0.1) is 11.3 Å². The lowest BCUT2D eigenvalue weighted by Gasteiger charge is -2.13. The minimum atomic E-state index is -0.0430. The minimum Gasteiger partial charge on any atom is -0.326 e. The van der Waals surface area contributed by atoms with E-state index in [2.05, 4.69) is 28.5 Å². The zero-order valence-electron chi connectivity index (χ0n) is 14.4. The Morgan fingerprint density at radius 3 is 2.81 bits per heavy atom. The molecule has 3 aromatic rings. The van der Waals surface area contributed by atoms with Crippen LogP contribution >= 0.6 is 34.9 Å². The summed E-state index contributed by atoms with van der Waals surface area (Å²) in [5, 5.41) is 5.76. The third-order valence-corrected chi connectivity index (χ3v) is 7.04. The molecule has 1 N–H and O–H groups in total. The highest BCUT2D eigenvalue weighted by atomic mass is 32.2. The fraction of sp³-hybridized carbons (Fsp3) is 0.150. The SMILES string of the molecule is O=C(Cc1nc(CSC2=Nc3ccccc3CS2)cs1)Nc1ccccc1. The number of hydrogen-bond donors (Lipinski definition) is 1. The maximum Gasteiger partial charge on any atom is 0.231 e. The second-order valence-electron chi connectivity index (χ2n) is 5.91. The van der Waals surface area contributed by atoms with Gasteiger partial charge in [0.1, 0.15) is 9.38 Å². The molecule has 27 heavy (non-hydrogen) atoms. The van der Waals surface area contributed by atoms with E-state index in [-0.39, 0.29) is 5.91 Å². The molecule has 0 fully saturated rings. The molecule has 2 heterocycles. The molecule has 1 aliphatic rings. The van der Waals surface area contributed by atoms with Crippen LogP contribution in [0.5, 0.6) is 0 Å². The Kier molecular flexibility index (Phi) is 5.91. The van der Waals surface area contributed by atoms with Gasteiger partial charge in [-0.2, -0.15) is 0 Å². The predicted molar refractivity (Wildman–Crippen MR) is 117 cm³/mol. The number of aromatic nitrogens is 1. The molecule has 0 unspecified atom stereocenters. The van der Waals surface area contributed by atoms with Crippen LogP contribution in [-0.4, -0.2) is 15.3 Å². The van der Waals surface area contributed by atoms with E-state index in [1.54, 1.807) is 23.5 Å². The van der Waals surface area contributed by atoms with Crippen molar-refractivity contribution in [3.05, 3.63) is 76.2 Å². The first kappa shape index (κ1) is 18.3. The van der Waals surface area contributed by atoms with E-state index in [1.165, 1.54) is 16.9 Å². The van der Waals surface area contributed by atoms with Gasteiger partial charge in [-0.3, -0.25) is 4.79 Å². The summed E-state index contributed by atoms with van der Waals surface area (Å²) in [7, 11) is 0. The maximum absolute atomic E-state index is 12.1. The lowest BCUT2D eigenvalue weighted by atomic mass is 10.2. The number of rotatable bonds is 5. The van der Waals surface area contributed by atoms with Crippen molar-refractivity contribution >= 4 is 56.5 Å². The summed E-state index contributed by atoms with van der Waals surface area (Å²) in [6, 6.07) is 17.7. The van der Waals surface area contributed by atoms with Crippen molar-refractivity contribution in [1.82, 2.24) is 4.98 Å². The number of benzene rings is 2. The molecule has 0 saturated heterocycles. The smallest absolute Gasteiger partial charge is 0.231 e. The van der Waals surface area contributed by atoms with E-state index in [1.807, 2.05) is 41.8 Å². The van der Waals surface area contributed by atoms with Crippen molar-refractivity contribution < 1.29 is 4.79 Å². The van der Waals surface area contributed by atoms with Gasteiger partial charge in [-0.25, -0.2) is 9.98 Å². The van der Waals surface area contributed by atoms with Gasteiger partial charge in [0.05, 0.1) is 17.8 Å². The average molecular weight is 412 g/mol. The van der Waals surface area contributed by atoms with Crippen LogP contribution in [0.1, 0.15) is 16.3 Å². The number of thiazole rings is 1. The summed E-state index contributed by atoms with van der Waals surface area (Å²) in [4.78, 5) is 21.5. The Morgan fingerprint density at radius 1 is 1.11 bits per heavy atom. The van der Waals surface area contributed by atoms with Crippen LogP contribution in [0, 0.1) is 0 Å². The van der Waals surface area contributed by atoms with Crippen LogP contribution in [0.4, 0.5) is 11.4 Å². The fourth-order valence-electron chi connectivity index (χ4n) is 2.58. The summed E-state index contributed by atoms with van der Waals surface area (Å²) >= 11 is 5.01. The first-order chi connectivity index (χ1) is 13.3. The molecule has 0 bridgehead atoms. The molecule has 0 spiro atoms. The van der Waals surface area contributed by atoms with Crippen molar-refractivity contribution in [2.45, 2.75) is 17.9 Å². The average Bonchev–Trinajstić information content (AvgIpc) is 3.14. The van der Waals surface area contributed by atoms with Gasteiger partial charge in [0.15, 0.2) is 0 Å². The van der Waals surface area contributed by atoms with E-state index in [0.717, 1.165) is 38.0 Å². The number of fused-ring (bicyclic) bond motifs is 1. The number of hydrogen-bond acceptors (Lipinski definition) is 6. The number of nitrogens with one attached hydrogen (secondary N) is 1. The summed E-state index contributed by atoms with van der Waals surface area (Å²) in [6.07, 6.45) is 0.299. The predicted octanol–water partition coefficient (Wildman–Crippen LogP) is 5.49. The van der Waals surface area contributed by atoms with Crippen molar-refractivity contribution in [2.75, 3.05) is 5.32 Å². The lowest BCUT2D eigenvalue weighted by Crippen LogP contribution is -2.14. The lowest BCUT2D eigenvalue weighted by molar-refractivity contribution is -0.115. The molecule has 1 aromatic heterocycles. The van der Waals surface area contributed by atoms with Crippen LogP contribution in [0.3, 0.4) is 0 Å². The zero-order chi connectivity index (χ0) is 18.5. The maximum atomic E-state index is 12.1. The molecule has 1 aliphatic heterocycles. The Balaban J connectivity index is 1.31. The third-order valence-electron chi connectivity index (χ3n) is 3.87. The van der Waals surface area contributed by atoms with E-state index >= 15 is 0 Å². The molecule has 7 heteroatoms. The molecular weight excluding hydrogens is 394 g/mol. The van der Waals surface area contributed by atoms with Crippen LogP contribution in [-0.2, 0) is 22.7 Å². The van der Waals surface area contributed by atoms with Gasteiger partial charge >= 0.3 is 0 Å². The highest BCUT2D eigenvalue weighted by molar-refractivity contribution is 8.38. The third kappa shape index (κ3) is 5.00. The van der Waals surface area contributed by atoms with Crippen LogP contribution in [0.15, 0.2) is 65.0 Å². The Labute approximate surface area is 170 Å². The number of anilines is 1. The molecule has 0 radical (unpaired) electrons. The van der Waals surface area contributed by atoms with Gasteiger partial charge < -0.3 is 5.32 Å². The molecular formula is C20H17N3OS3.